The molecule has 176 valence electrons. The number of benzene rings is 2. The number of urea groups is 1. The summed E-state index contributed by atoms with van der Waals surface area (Å²) in [7, 11) is 0. The third kappa shape index (κ3) is 5.38. The standard InChI is InChI=1S/C25H32ClN5O2/c1-2-23-28-29-25(32)31(23,17-18-33-22-9-4-3-5-10-22)24(30-15-13-27-14-16-30)12-11-20-7-6-8-21(26)19-20/h3-10,19,24,27H,2,11-18H2,1H3/p+1. The molecule has 2 aromatic carbocycles. The highest BCUT2D eigenvalue weighted by Crippen LogP contribution is 2.29. The van der Waals surface area contributed by atoms with Gasteiger partial charge in [0.05, 0.1) is 0 Å². The van der Waals surface area contributed by atoms with Crippen LogP contribution in [0.4, 0.5) is 4.79 Å². The summed E-state index contributed by atoms with van der Waals surface area (Å²) in [5.74, 6) is 1.68. The van der Waals surface area contributed by atoms with Crippen LogP contribution in [0.5, 0.6) is 5.75 Å². The molecule has 0 bridgehead atoms. The minimum atomic E-state index is -0.0712. The number of nitrogens with one attached hydrogen (secondary N) is 2. The van der Waals surface area contributed by atoms with Gasteiger partial charge in [-0.15, -0.1) is 5.10 Å². The molecule has 4 rings (SSSR count). The highest BCUT2D eigenvalue weighted by atomic mass is 35.5. The first-order chi connectivity index (χ1) is 16.1. The van der Waals surface area contributed by atoms with Gasteiger partial charge < -0.3 is 10.1 Å². The van der Waals surface area contributed by atoms with Gasteiger partial charge in [0, 0.05) is 44.0 Å². The lowest BCUT2D eigenvalue weighted by Crippen LogP contribution is -2.69. The normalized spacial score (nSPS) is 22.0. The monoisotopic (exact) mass is 470 g/mol. The van der Waals surface area contributed by atoms with E-state index in [9.17, 15) is 4.79 Å². The number of para-hydroxylation sites is 1. The minimum absolute atomic E-state index is 0.0355. The van der Waals surface area contributed by atoms with E-state index in [1.165, 1.54) is 5.56 Å². The average Bonchev–Trinajstić information content (AvgIpc) is 3.16. The molecular weight excluding hydrogens is 438 g/mol. The molecule has 0 spiro atoms. The van der Waals surface area contributed by atoms with Gasteiger partial charge in [0.15, 0.2) is 6.17 Å². The van der Waals surface area contributed by atoms with Gasteiger partial charge >= 0.3 is 6.03 Å². The molecule has 2 aromatic rings. The Balaban J connectivity index is 1.61. The largest absolute Gasteiger partial charge is 0.488 e. The number of quaternary nitrogens is 1. The molecule has 2 amide bonds. The lowest BCUT2D eigenvalue weighted by molar-refractivity contribution is -0.801. The lowest BCUT2D eigenvalue weighted by atomic mass is 10.0. The minimum Gasteiger partial charge on any atom is -0.488 e. The summed E-state index contributed by atoms with van der Waals surface area (Å²) >= 11 is 6.24. The zero-order valence-electron chi connectivity index (χ0n) is 19.2. The van der Waals surface area contributed by atoms with Crippen molar-refractivity contribution in [2.24, 2.45) is 5.10 Å². The highest BCUT2D eigenvalue weighted by Gasteiger charge is 2.54. The summed E-state index contributed by atoms with van der Waals surface area (Å²) in [4.78, 5) is 15.9. The van der Waals surface area contributed by atoms with Crippen LogP contribution in [0, 0.1) is 0 Å². The third-order valence-electron chi connectivity index (χ3n) is 6.54. The maximum atomic E-state index is 13.5. The first kappa shape index (κ1) is 23.7. The Hall–Kier alpha value is -2.45. The van der Waals surface area contributed by atoms with Crippen molar-refractivity contribution in [2.45, 2.75) is 32.4 Å². The van der Waals surface area contributed by atoms with Crippen molar-refractivity contribution >= 4 is 23.5 Å². The number of hydrogen-bond acceptors (Lipinski definition) is 5. The quantitative estimate of drug-likeness (QED) is 0.518. The van der Waals surface area contributed by atoms with Crippen LogP contribution in [0.1, 0.15) is 25.3 Å². The van der Waals surface area contributed by atoms with Crippen LogP contribution in [0.3, 0.4) is 0 Å². The number of carbonyl (C=O) groups excluding carboxylic acids is 1. The summed E-state index contributed by atoms with van der Waals surface area (Å²) < 4.78 is 6.22. The molecule has 33 heavy (non-hydrogen) atoms. The molecular formula is C25H33ClN5O2+. The first-order valence-electron chi connectivity index (χ1n) is 11.8. The number of aryl methyl sites for hydroxylation is 1. The SMILES string of the molecule is CCC1=NNC(=O)[N+]1(CCOc1ccccc1)C(CCc1cccc(Cl)c1)N1CCNCC1. The molecule has 0 saturated carbocycles. The van der Waals surface area contributed by atoms with Crippen LogP contribution in [0.2, 0.25) is 5.02 Å². The van der Waals surface area contributed by atoms with E-state index in [2.05, 4.69) is 33.7 Å². The Morgan fingerprint density at radius 2 is 1.94 bits per heavy atom. The van der Waals surface area contributed by atoms with E-state index in [0.717, 1.165) is 55.6 Å². The number of carbonyl (C=O) groups is 1. The van der Waals surface area contributed by atoms with E-state index < -0.39 is 0 Å². The van der Waals surface area contributed by atoms with Crippen molar-refractivity contribution in [3.8, 4) is 5.75 Å². The van der Waals surface area contributed by atoms with E-state index in [4.69, 9.17) is 16.3 Å². The summed E-state index contributed by atoms with van der Waals surface area (Å²) in [5.41, 5.74) is 3.97. The van der Waals surface area contributed by atoms with E-state index in [1.807, 2.05) is 48.5 Å². The van der Waals surface area contributed by atoms with Crippen LogP contribution >= 0.6 is 11.6 Å². The van der Waals surface area contributed by atoms with Gasteiger partial charge in [-0.1, -0.05) is 48.9 Å². The predicted molar refractivity (Wildman–Crippen MR) is 131 cm³/mol. The van der Waals surface area contributed by atoms with Gasteiger partial charge in [-0.05, 0) is 36.2 Å². The molecule has 2 aliphatic heterocycles. The molecule has 0 aromatic heterocycles. The van der Waals surface area contributed by atoms with Crippen molar-refractivity contribution < 1.29 is 14.0 Å². The Kier molecular flexibility index (Phi) is 7.98. The van der Waals surface area contributed by atoms with Gasteiger partial charge in [-0.2, -0.15) is 9.91 Å². The fourth-order valence-corrected chi connectivity index (χ4v) is 5.14. The molecule has 2 aliphatic rings. The number of ether oxygens (including phenoxy) is 1. The number of nitrogens with zero attached hydrogens (tertiary/aromatic N) is 3. The Labute approximate surface area is 200 Å². The van der Waals surface area contributed by atoms with Crippen molar-refractivity contribution in [3.05, 3.63) is 65.2 Å². The molecule has 7 nitrogen and oxygen atoms in total. The second kappa shape index (κ2) is 11.1. The Morgan fingerprint density at radius 3 is 2.67 bits per heavy atom. The van der Waals surface area contributed by atoms with Crippen LogP contribution in [0.25, 0.3) is 0 Å². The number of halogens is 1. The van der Waals surface area contributed by atoms with Crippen LogP contribution in [-0.2, 0) is 6.42 Å². The number of hydrazone groups is 1. The van der Waals surface area contributed by atoms with Crippen molar-refractivity contribution in [3.63, 3.8) is 0 Å². The number of rotatable bonds is 10. The number of amidine groups is 1. The maximum absolute atomic E-state index is 13.5. The Bertz CT molecular complexity index is 964. The second-order valence-electron chi connectivity index (χ2n) is 8.49. The smallest absolute Gasteiger partial charge is 0.444 e. The van der Waals surface area contributed by atoms with Gasteiger partial charge in [-0.25, -0.2) is 4.79 Å². The zero-order chi connectivity index (χ0) is 23.1. The number of hydrogen-bond donors (Lipinski definition) is 2. The predicted octanol–water partition coefficient (Wildman–Crippen LogP) is 3.85. The molecule has 2 N–H and O–H groups in total. The second-order valence-corrected chi connectivity index (χ2v) is 8.92. The van der Waals surface area contributed by atoms with Crippen molar-refractivity contribution in [2.75, 3.05) is 39.3 Å². The fraction of sp³-hybridized carbons (Fsp3) is 0.440. The molecule has 1 fully saturated rings. The molecule has 2 heterocycles. The van der Waals surface area contributed by atoms with Gasteiger partial charge in [-0.3, -0.25) is 4.90 Å². The molecule has 0 aliphatic carbocycles. The molecule has 8 heteroatoms. The lowest BCUT2D eigenvalue weighted by Gasteiger charge is -2.44. The van der Waals surface area contributed by atoms with E-state index >= 15 is 0 Å². The molecule has 0 radical (unpaired) electrons. The summed E-state index contributed by atoms with van der Waals surface area (Å²) in [5, 5.41) is 8.64. The summed E-state index contributed by atoms with van der Waals surface area (Å²) in [6.45, 7) is 6.63. The summed E-state index contributed by atoms with van der Waals surface area (Å²) in [6, 6.07) is 17.7. The number of amides is 2. The molecule has 2 atom stereocenters. The number of piperazine rings is 1. The average molecular weight is 471 g/mol. The van der Waals surface area contributed by atoms with Gasteiger partial charge in [0.2, 0.25) is 5.84 Å². The zero-order valence-corrected chi connectivity index (χ0v) is 19.9. The molecule has 1 saturated heterocycles. The first-order valence-corrected chi connectivity index (χ1v) is 12.1. The highest BCUT2D eigenvalue weighted by molar-refractivity contribution is 6.30. The van der Waals surface area contributed by atoms with Crippen LogP contribution < -0.4 is 15.5 Å². The van der Waals surface area contributed by atoms with Crippen LogP contribution in [-0.4, -0.2) is 66.7 Å². The summed E-state index contributed by atoms with van der Waals surface area (Å²) in [6.07, 6.45) is 2.31. The van der Waals surface area contributed by atoms with E-state index in [-0.39, 0.29) is 16.7 Å². The fourth-order valence-electron chi connectivity index (χ4n) is 4.93. The van der Waals surface area contributed by atoms with Gasteiger partial charge in [0.25, 0.3) is 0 Å². The maximum Gasteiger partial charge on any atom is 0.444 e. The Morgan fingerprint density at radius 1 is 1.15 bits per heavy atom. The van der Waals surface area contributed by atoms with Crippen molar-refractivity contribution in [1.82, 2.24) is 15.6 Å². The van der Waals surface area contributed by atoms with Crippen molar-refractivity contribution in [1.29, 1.82) is 0 Å². The van der Waals surface area contributed by atoms with Crippen LogP contribution in [0.15, 0.2) is 59.7 Å². The molecule has 2 unspecified atom stereocenters. The van der Waals surface area contributed by atoms with E-state index in [1.54, 1.807) is 0 Å². The topological polar surface area (TPSA) is 66.0 Å². The van der Waals surface area contributed by atoms with E-state index in [0.29, 0.717) is 19.6 Å². The van der Waals surface area contributed by atoms with Gasteiger partial charge in [0.1, 0.15) is 18.9 Å². The third-order valence-corrected chi connectivity index (χ3v) is 6.77.